The van der Waals surface area contributed by atoms with Gasteiger partial charge in [-0.1, -0.05) is 52.8 Å². The lowest BCUT2D eigenvalue weighted by Gasteiger charge is -2.03. The number of halogens is 2. The monoisotopic (exact) mass is 296 g/mol. The highest BCUT2D eigenvalue weighted by molar-refractivity contribution is 9.12. The van der Waals surface area contributed by atoms with Crippen molar-refractivity contribution in [3.8, 4) is 0 Å². The molecule has 0 atom stereocenters. The van der Waals surface area contributed by atoms with Gasteiger partial charge in [-0.05, 0) is 24.3 Å². The van der Waals surface area contributed by atoms with Crippen molar-refractivity contribution in [2.24, 2.45) is 0 Å². The summed E-state index contributed by atoms with van der Waals surface area (Å²) < 4.78 is 0.627. The van der Waals surface area contributed by atoms with E-state index >= 15 is 0 Å². The molecule has 0 heterocycles. The van der Waals surface area contributed by atoms with Crippen LogP contribution in [-0.4, -0.2) is 5.78 Å². The molecule has 1 aromatic carbocycles. The first-order valence-electron chi connectivity index (χ1n) is 4.55. The summed E-state index contributed by atoms with van der Waals surface area (Å²) in [5.41, 5.74) is 1.05. The quantitative estimate of drug-likeness (QED) is 0.453. The normalized spacial score (nSPS) is 11.6. The summed E-state index contributed by atoms with van der Waals surface area (Å²) in [7, 11) is 0. The van der Waals surface area contributed by atoms with E-state index in [-0.39, 0.29) is 5.78 Å². The third-order valence-electron chi connectivity index (χ3n) is 1.99. The second-order valence-electron chi connectivity index (χ2n) is 3.01. The van der Waals surface area contributed by atoms with Gasteiger partial charge in [0.2, 0.25) is 0 Å². The average Bonchev–Trinajstić information content (AvgIpc) is 2.30. The minimum atomic E-state index is -0.113. The summed E-state index contributed by atoms with van der Waals surface area (Å²) in [6.45, 7) is 7.21. The maximum absolute atomic E-state index is 12.0. The predicted octanol–water partition coefficient (Wildman–Crippen LogP) is 4.54. The van der Waals surface area contributed by atoms with Crippen LogP contribution in [0.2, 0.25) is 5.02 Å². The number of hydrogen-bond donors (Lipinski definition) is 0. The summed E-state index contributed by atoms with van der Waals surface area (Å²) in [5.74, 6) is -0.113. The molecule has 0 aliphatic heterocycles. The Morgan fingerprint density at radius 2 is 1.75 bits per heavy atom. The van der Waals surface area contributed by atoms with Gasteiger partial charge in [0.1, 0.15) is 0 Å². The lowest BCUT2D eigenvalue weighted by atomic mass is 10.0. The zero-order chi connectivity index (χ0) is 12.1. The molecule has 0 aliphatic rings. The fourth-order valence-corrected chi connectivity index (χ4v) is 1.63. The summed E-state index contributed by atoms with van der Waals surface area (Å²) in [5, 5.41) is 0.600. The Balaban J connectivity index is 3.15. The van der Waals surface area contributed by atoms with E-state index < -0.39 is 0 Å². The zero-order valence-electron chi connectivity index (χ0n) is 8.54. The van der Waals surface area contributed by atoms with Gasteiger partial charge in [0.05, 0.1) is 0 Å². The van der Waals surface area contributed by atoms with Crippen molar-refractivity contribution in [3.63, 3.8) is 0 Å². The summed E-state index contributed by atoms with van der Waals surface area (Å²) >= 11 is 9.01. The molecule has 0 N–H and O–H groups in total. The Bertz CT molecular complexity index is 457. The van der Waals surface area contributed by atoms with Crippen molar-refractivity contribution in [3.05, 3.63) is 70.2 Å². The Labute approximate surface area is 108 Å². The van der Waals surface area contributed by atoms with Crippen molar-refractivity contribution in [1.29, 1.82) is 0 Å². The molecule has 0 amide bonds. The Kier molecular flexibility index (Phi) is 4.71. The van der Waals surface area contributed by atoms with Crippen LogP contribution in [0.3, 0.4) is 0 Å². The molecule has 16 heavy (non-hydrogen) atoms. The van der Waals surface area contributed by atoms with Crippen LogP contribution in [0.5, 0.6) is 0 Å². The molecule has 0 unspecified atom stereocenters. The van der Waals surface area contributed by atoms with E-state index in [1.54, 1.807) is 30.3 Å². The van der Waals surface area contributed by atoms with Crippen LogP contribution in [0.4, 0.5) is 0 Å². The van der Waals surface area contributed by atoms with Crippen LogP contribution in [0, 0.1) is 0 Å². The van der Waals surface area contributed by atoms with E-state index in [0.29, 0.717) is 20.6 Å². The number of carbonyl (C=O) groups excluding carboxylic acids is 1. The van der Waals surface area contributed by atoms with Crippen molar-refractivity contribution in [2.75, 3.05) is 0 Å². The minimum absolute atomic E-state index is 0.113. The zero-order valence-corrected chi connectivity index (χ0v) is 10.9. The Hall–Kier alpha value is -1.12. The first kappa shape index (κ1) is 12.9. The van der Waals surface area contributed by atoms with Gasteiger partial charge in [-0.2, -0.15) is 0 Å². The van der Waals surface area contributed by atoms with Crippen molar-refractivity contribution >= 4 is 33.3 Å². The minimum Gasteiger partial charge on any atom is -0.289 e. The molecule has 0 radical (unpaired) electrons. The number of allylic oxidation sites excluding steroid dienone is 4. The SMILES string of the molecule is C=C/C(Br)=C(\C=C)C(=O)c1ccc(Cl)cc1. The molecule has 0 saturated carbocycles. The number of ketones is 1. The number of rotatable bonds is 4. The highest BCUT2D eigenvalue weighted by atomic mass is 79.9. The Morgan fingerprint density at radius 3 is 2.19 bits per heavy atom. The third kappa shape index (κ3) is 2.94. The van der Waals surface area contributed by atoms with E-state index in [0.717, 1.165) is 0 Å². The first-order chi connectivity index (χ1) is 7.60. The maximum atomic E-state index is 12.0. The van der Waals surface area contributed by atoms with E-state index in [2.05, 4.69) is 29.1 Å². The van der Waals surface area contributed by atoms with Crippen molar-refractivity contribution < 1.29 is 4.79 Å². The van der Waals surface area contributed by atoms with E-state index in [9.17, 15) is 4.79 Å². The predicted molar refractivity (Wildman–Crippen MR) is 72.1 cm³/mol. The fourth-order valence-electron chi connectivity index (χ4n) is 1.17. The van der Waals surface area contributed by atoms with Crippen LogP contribution in [0.15, 0.2) is 59.6 Å². The van der Waals surface area contributed by atoms with E-state index in [1.807, 2.05) is 0 Å². The smallest absolute Gasteiger partial charge is 0.194 e. The standard InChI is InChI=1S/C13H10BrClO/c1-3-11(12(14)4-2)13(16)9-5-7-10(15)8-6-9/h3-8H,1-2H2/b12-11-. The van der Waals surface area contributed by atoms with Crippen molar-refractivity contribution in [1.82, 2.24) is 0 Å². The van der Waals surface area contributed by atoms with Crippen molar-refractivity contribution in [2.45, 2.75) is 0 Å². The van der Waals surface area contributed by atoms with Crippen LogP contribution in [-0.2, 0) is 0 Å². The largest absolute Gasteiger partial charge is 0.289 e. The second-order valence-corrected chi connectivity index (χ2v) is 4.30. The third-order valence-corrected chi connectivity index (χ3v) is 2.99. The topological polar surface area (TPSA) is 17.1 Å². The molecule has 82 valence electrons. The van der Waals surface area contributed by atoms with Gasteiger partial charge in [0.25, 0.3) is 0 Å². The van der Waals surface area contributed by atoms with E-state index in [1.165, 1.54) is 6.08 Å². The maximum Gasteiger partial charge on any atom is 0.194 e. The van der Waals surface area contributed by atoms with E-state index in [4.69, 9.17) is 11.6 Å². The molecule has 3 heteroatoms. The molecule has 0 fully saturated rings. The molecule has 0 bridgehead atoms. The number of benzene rings is 1. The van der Waals surface area contributed by atoms with Gasteiger partial charge in [-0.15, -0.1) is 0 Å². The summed E-state index contributed by atoms with van der Waals surface area (Å²) in [6, 6.07) is 6.71. The van der Waals surface area contributed by atoms with Gasteiger partial charge >= 0.3 is 0 Å². The lowest BCUT2D eigenvalue weighted by molar-refractivity contribution is 0.103. The number of Topliss-reactive ketones (excluding diaryl/α,β-unsaturated/α-hetero) is 1. The van der Waals surface area contributed by atoms with Crippen LogP contribution in [0.25, 0.3) is 0 Å². The molecule has 0 spiro atoms. The first-order valence-corrected chi connectivity index (χ1v) is 5.72. The van der Waals surface area contributed by atoms with Crippen LogP contribution < -0.4 is 0 Å². The van der Waals surface area contributed by atoms with Crippen LogP contribution >= 0.6 is 27.5 Å². The second kappa shape index (κ2) is 5.83. The lowest BCUT2D eigenvalue weighted by Crippen LogP contribution is -2.02. The van der Waals surface area contributed by atoms with Gasteiger partial charge in [-0.3, -0.25) is 4.79 Å². The van der Waals surface area contributed by atoms with Gasteiger partial charge in [-0.25, -0.2) is 0 Å². The number of hydrogen-bond acceptors (Lipinski definition) is 1. The molecular weight excluding hydrogens is 287 g/mol. The summed E-state index contributed by atoms with van der Waals surface area (Å²) in [4.78, 5) is 12.0. The molecule has 1 nitrogen and oxygen atoms in total. The summed E-state index contributed by atoms with van der Waals surface area (Å²) in [6.07, 6.45) is 3.06. The highest BCUT2D eigenvalue weighted by Crippen LogP contribution is 2.20. The molecule has 0 saturated heterocycles. The number of carbonyl (C=O) groups is 1. The van der Waals surface area contributed by atoms with Gasteiger partial charge < -0.3 is 0 Å². The van der Waals surface area contributed by atoms with Gasteiger partial charge in [0, 0.05) is 20.6 Å². The average molecular weight is 298 g/mol. The Morgan fingerprint density at radius 1 is 1.19 bits per heavy atom. The molecule has 1 aromatic rings. The molecule has 0 aromatic heterocycles. The molecular formula is C13H10BrClO. The van der Waals surface area contributed by atoms with Crippen LogP contribution in [0.1, 0.15) is 10.4 Å². The highest BCUT2D eigenvalue weighted by Gasteiger charge is 2.11. The molecule has 1 rings (SSSR count). The molecule has 0 aliphatic carbocycles. The fraction of sp³-hybridized carbons (Fsp3) is 0. The van der Waals surface area contributed by atoms with Gasteiger partial charge in [0.15, 0.2) is 5.78 Å².